The van der Waals surface area contributed by atoms with Gasteiger partial charge in [-0.3, -0.25) is 18.3 Å². The molecule has 0 heterocycles. The minimum atomic E-state index is -3.27. The van der Waals surface area contributed by atoms with E-state index in [1.54, 1.807) is 0 Å². The third-order valence-corrected chi connectivity index (χ3v) is 20.0. The molecule has 0 spiro atoms. The Labute approximate surface area is 297 Å². The molecule has 2 atom stereocenters. The lowest BCUT2D eigenvalue weighted by atomic mass is 10.2. The van der Waals surface area contributed by atoms with Crippen molar-refractivity contribution in [1.29, 1.82) is 0 Å². The van der Waals surface area contributed by atoms with E-state index in [-0.39, 0.29) is 60.6 Å². The maximum atomic E-state index is 14.7. The van der Waals surface area contributed by atoms with Crippen molar-refractivity contribution in [1.82, 2.24) is 0 Å². The first-order chi connectivity index (χ1) is 21.7. The monoisotopic (exact) mass is 762 g/mol. The van der Waals surface area contributed by atoms with Crippen LogP contribution in [-0.4, -0.2) is 74.7 Å². The van der Waals surface area contributed by atoms with Crippen LogP contribution >= 0.6 is 29.5 Å². The smallest absolute Gasteiger partial charge is 0.204 e. The fraction of sp³-hybridized carbons (Fsp3) is 1.00. The summed E-state index contributed by atoms with van der Waals surface area (Å²) < 4.78 is 84.2. The van der Waals surface area contributed by atoms with Gasteiger partial charge in [-0.15, -0.1) is 0 Å². The average Bonchev–Trinajstić information content (AvgIpc) is 2.80. The largest absolute Gasteiger partial charge is 0.326 e. The first-order valence-electron chi connectivity index (χ1n) is 18.7. The Bertz CT molecular complexity index is 944. The van der Waals surface area contributed by atoms with Crippen LogP contribution in [0.3, 0.4) is 0 Å². The number of hydrogen-bond donors (Lipinski definition) is 0. The standard InChI is InChI=1S/C36H78O8P4/c1-27(2)19-45(37,20-28(3)4)41-17-35(43-47(39,23-31(9)10)24-32(11)12)36(44-48(40,25-33(13)14)26-34(15)16)18-42-46(38,21-29(5)6)22-30(7)8/h27-36H,17-26H2,1-16H3. The molecule has 0 radical (unpaired) electrons. The zero-order chi connectivity index (χ0) is 37.7. The molecular weight excluding hydrogens is 684 g/mol. The Hall–Kier alpha value is 0.760. The van der Waals surface area contributed by atoms with Gasteiger partial charge >= 0.3 is 0 Å². The lowest BCUT2D eigenvalue weighted by Gasteiger charge is -2.36. The van der Waals surface area contributed by atoms with E-state index in [4.69, 9.17) is 18.1 Å². The molecule has 0 fully saturated rings. The molecule has 0 saturated heterocycles. The van der Waals surface area contributed by atoms with Gasteiger partial charge in [0.25, 0.3) is 0 Å². The van der Waals surface area contributed by atoms with E-state index in [2.05, 4.69) is 0 Å². The van der Waals surface area contributed by atoms with Gasteiger partial charge in [-0.2, -0.15) is 0 Å². The molecule has 8 nitrogen and oxygen atoms in total. The maximum absolute atomic E-state index is 14.7. The maximum Gasteiger partial charge on any atom is 0.204 e. The number of rotatable bonds is 27. The molecule has 290 valence electrons. The van der Waals surface area contributed by atoms with Crippen molar-refractivity contribution in [2.75, 3.05) is 62.5 Å². The third-order valence-electron chi connectivity index (χ3n) is 7.16. The second kappa shape index (κ2) is 22.1. The van der Waals surface area contributed by atoms with E-state index < -0.39 is 41.7 Å². The summed E-state index contributed by atoms with van der Waals surface area (Å²) in [6, 6.07) is 0. The van der Waals surface area contributed by atoms with Gasteiger partial charge in [0, 0.05) is 49.3 Å². The molecule has 0 aliphatic carbocycles. The Balaban J connectivity index is 7.30. The quantitative estimate of drug-likeness (QED) is 0.0762. The van der Waals surface area contributed by atoms with Crippen molar-refractivity contribution >= 4 is 29.5 Å². The molecule has 0 amide bonds. The normalized spacial score (nSPS) is 15.4. The van der Waals surface area contributed by atoms with E-state index in [0.717, 1.165) is 0 Å². The molecule has 0 aliphatic rings. The van der Waals surface area contributed by atoms with Gasteiger partial charge in [-0.25, -0.2) is 0 Å². The highest BCUT2D eigenvalue weighted by atomic mass is 31.2. The van der Waals surface area contributed by atoms with Crippen LogP contribution in [0.25, 0.3) is 0 Å². The Morgan fingerprint density at radius 3 is 0.646 bits per heavy atom. The average molecular weight is 763 g/mol. The fourth-order valence-corrected chi connectivity index (χ4v) is 18.9. The highest BCUT2D eigenvalue weighted by Gasteiger charge is 2.41. The molecule has 2 unspecified atom stereocenters. The summed E-state index contributed by atoms with van der Waals surface area (Å²) in [4.78, 5) is 0. The highest BCUT2D eigenvalue weighted by Crippen LogP contribution is 2.58. The predicted octanol–water partition coefficient (Wildman–Crippen LogP) is 12.2. The Morgan fingerprint density at radius 2 is 0.479 bits per heavy atom. The van der Waals surface area contributed by atoms with Gasteiger partial charge in [0.1, 0.15) is 12.2 Å². The lowest BCUT2D eigenvalue weighted by Crippen LogP contribution is -2.39. The van der Waals surface area contributed by atoms with E-state index >= 15 is 0 Å². The van der Waals surface area contributed by atoms with Crippen molar-refractivity contribution in [3.63, 3.8) is 0 Å². The van der Waals surface area contributed by atoms with Crippen LogP contribution in [0.1, 0.15) is 111 Å². The van der Waals surface area contributed by atoms with Crippen molar-refractivity contribution in [2.45, 2.75) is 123 Å². The minimum absolute atomic E-state index is 0.102. The van der Waals surface area contributed by atoms with Crippen LogP contribution in [0.15, 0.2) is 0 Å². The van der Waals surface area contributed by atoms with Crippen LogP contribution in [0.2, 0.25) is 0 Å². The SMILES string of the molecule is CC(C)CP(=O)(CC(C)C)OCC(OP(=O)(CC(C)C)CC(C)C)C(COP(=O)(CC(C)C)CC(C)C)OP(=O)(CC(C)C)CC(C)C. The van der Waals surface area contributed by atoms with Crippen molar-refractivity contribution in [3.05, 3.63) is 0 Å². The summed E-state index contributed by atoms with van der Waals surface area (Å²) in [5, 5.41) is 0. The van der Waals surface area contributed by atoms with E-state index in [9.17, 15) is 18.3 Å². The highest BCUT2D eigenvalue weighted by molar-refractivity contribution is 7.60. The molecular formula is C36H78O8P4. The Kier molecular flexibility index (Phi) is 22.4. The number of hydrogen-bond acceptors (Lipinski definition) is 8. The van der Waals surface area contributed by atoms with E-state index in [1.807, 2.05) is 111 Å². The summed E-state index contributed by atoms with van der Waals surface area (Å²) in [5.41, 5.74) is 0. The molecule has 0 saturated carbocycles. The minimum Gasteiger partial charge on any atom is -0.326 e. The fourth-order valence-electron chi connectivity index (χ4n) is 6.46. The first kappa shape index (κ1) is 48.8. The van der Waals surface area contributed by atoms with Gasteiger partial charge in [0.05, 0.1) is 13.2 Å². The molecule has 0 N–H and O–H groups in total. The zero-order valence-corrected chi connectivity index (χ0v) is 37.5. The molecule has 0 rings (SSSR count). The molecule has 48 heavy (non-hydrogen) atoms. The summed E-state index contributed by atoms with van der Waals surface area (Å²) in [5.74, 6) is 0.991. The van der Waals surface area contributed by atoms with Crippen molar-refractivity contribution in [2.24, 2.45) is 47.3 Å². The predicted molar refractivity (Wildman–Crippen MR) is 210 cm³/mol. The second-order valence-corrected chi connectivity index (χ2v) is 28.1. The topological polar surface area (TPSA) is 105 Å². The molecule has 0 aliphatic heterocycles. The molecule has 12 heteroatoms. The lowest BCUT2D eigenvalue weighted by molar-refractivity contribution is 0.00152. The van der Waals surface area contributed by atoms with Crippen LogP contribution in [0.5, 0.6) is 0 Å². The van der Waals surface area contributed by atoms with Gasteiger partial charge in [-0.05, 0) is 47.3 Å². The van der Waals surface area contributed by atoms with Gasteiger partial charge in [-0.1, -0.05) is 111 Å². The van der Waals surface area contributed by atoms with Crippen LogP contribution < -0.4 is 0 Å². The van der Waals surface area contributed by atoms with Crippen LogP contribution in [0, 0.1) is 47.3 Å². The van der Waals surface area contributed by atoms with E-state index in [1.165, 1.54) is 0 Å². The van der Waals surface area contributed by atoms with Crippen LogP contribution in [-0.2, 0) is 36.4 Å². The van der Waals surface area contributed by atoms with Gasteiger partial charge in [0.2, 0.25) is 29.5 Å². The molecule has 0 aromatic carbocycles. The summed E-state index contributed by atoms with van der Waals surface area (Å²) in [7, 11) is -12.8. The third kappa shape index (κ3) is 22.0. The Morgan fingerprint density at radius 1 is 0.312 bits per heavy atom. The second-order valence-electron chi connectivity index (χ2n) is 17.7. The molecule has 0 aromatic rings. The van der Waals surface area contributed by atoms with Crippen molar-refractivity contribution in [3.8, 4) is 0 Å². The van der Waals surface area contributed by atoms with Crippen LogP contribution in [0.4, 0.5) is 0 Å². The van der Waals surface area contributed by atoms with E-state index in [0.29, 0.717) is 49.3 Å². The molecule has 0 bridgehead atoms. The first-order valence-corrected chi connectivity index (χ1v) is 26.7. The van der Waals surface area contributed by atoms with Gasteiger partial charge < -0.3 is 18.1 Å². The summed E-state index contributed by atoms with van der Waals surface area (Å²) in [6.07, 6.45) is 1.11. The summed E-state index contributed by atoms with van der Waals surface area (Å²) in [6.45, 7) is 32.1. The van der Waals surface area contributed by atoms with Gasteiger partial charge in [0.15, 0.2) is 0 Å². The molecule has 0 aromatic heterocycles. The summed E-state index contributed by atoms with van der Waals surface area (Å²) >= 11 is 0. The van der Waals surface area contributed by atoms with Crippen molar-refractivity contribution < 1.29 is 36.4 Å². The zero-order valence-electron chi connectivity index (χ0n) is 33.9.